The molecule has 0 aromatic heterocycles. The predicted molar refractivity (Wildman–Crippen MR) is 55.6 cm³/mol. The van der Waals surface area contributed by atoms with Gasteiger partial charge in [0.05, 0.1) is 0 Å². The minimum Gasteiger partial charge on any atom is -0.323 e. The minimum atomic E-state index is -4.75. The summed E-state index contributed by atoms with van der Waals surface area (Å²) in [5, 5.41) is 0. The summed E-state index contributed by atoms with van der Waals surface area (Å²) in [6, 6.07) is 8.02. The molecular weight excluding hydrogens is 241 g/mol. The van der Waals surface area contributed by atoms with Crippen LogP contribution >= 0.6 is 0 Å². The van der Waals surface area contributed by atoms with Gasteiger partial charge in [-0.25, -0.2) is 8.93 Å². The van der Waals surface area contributed by atoms with Gasteiger partial charge in [-0.1, -0.05) is 30.3 Å². The van der Waals surface area contributed by atoms with Crippen molar-refractivity contribution in [3.63, 3.8) is 0 Å². The van der Waals surface area contributed by atoms with Crippen molar-refractivity contribution in [3.05, 3.63) is 35.9 Å². The molecule has 0 aliphatic carbocycles. The predicted octanol–water partition coefficient (Wildman–Crippen LogP) is 1.46. The monoisotopic (exact) mass is 252 g/mol. The van der Waals surface area contributed by atoms with Crippen LogP contribution in [0.1, 0.15) is 11.6 Å². The number of benzene rings is 1. The molecule has 3 nitrogen and oxygen atoms in total. The number of halogens is 3. The lowest BCUT2D eigenvalue weighted by atomic mass is 10.1. The maximum absolute atomic E-state index is 11.9. The van der Waals surface area contributed by atoms with E-state index in [2.05, 4.69) is 0 Å². The Morgan fingerprint density at radius 1 is 1.31 bits per heavy atom. The number of hydrogen-bond acceptors (Lipinski definition) is 2. The van der Waals surface area contributed by atoms with Gasteiger partial charge in [-0.2, -0.15) is 13.2 Å². The summed E-state index contributed by atoms with van der Waals surface area (Å²) in [4.78, 5) is 0. The van der Waals surface area contributed by atoms with E-state index in [9.17, 15) is 17.4 Å². The number of alkyl halides is 3. The van der Waals surface area contributed by atoms with Gasteiger partial charge in [0.2, 0.25) is 0 Å². The largest absolute Gasteiger partial charge is 0.485 e. The van der Waals surface area contributed by atoms with Crippen LogP contribution < -0.4 is 10.5 Å². The summed E-state index contributed by atoms with van der Waals surface area (Å²) >= 11 is 0. The maximum atomic E-state index is 11.9. The van der Waals surface area contributed by atoms with Crippen LogP contribution in [0.3, 0.4) is 0 Å². The molecule has 7 heteroatoms. The highest BCUT2D eigenvalue weighted by molar-refractivity contribution is 7.83. The van der Waals surface area contributed by atoms with E-state index >= 15 is 0 Å². The van der Waals surface area contributed by atoms with Gasteiger partial charge in [-0.15, -0.1) is 0 Å². The van der Waals surface area contributed by atoms with Gasteiger partial charge in [0, 0.05) is 12.6 Å². The molecule has 0 bridgehead atoms. The molecule has 16 heavy (non-hydrogen) atoms. The Morgan fingerprint density at radius 2 is 1.88 bits per heavy atom. The molecule has 0 saturated carbocycles. The second kappa shape index (κ2) is 5.42. The summed E-state index contributed by atoms with van der Waals surface area (Å²) < 4.78 is 48.2. The van der Waals surface area contributed by atoms with Crippen LogP contribution in [0.5, 0.6) is 0 Å². The lowest BCUT2D eigenvalue weighted by Gasteiger charge is -2.13. The molecule has 1 rings (SSSR count). The summed E-state index contributed by atoms with van der Waals surface area (Å²) in [5.74, 6) is 0. The van der Waals surface area contributed by atoms with E-state index in [0.717, 1.165) is 0 Å². The first-order valence-electron chi connectivity index (χ1n) is 4.44. The van der Waals surface area contributed by atoms with E-state index in [4.69, 9.17) is 5.73 Å². The van der Waals surface area contributed by atoms with Crippen molar-refractivity contribution < 1.29 is 17.4 Å². The number of hydrogen-bond donors (Lipinski definition) is 2. The van der Waals surface area contributed by atoms with Gasteiger partial charge >= 0.3 is 5.51 Å². The van der Waals surface area contributed by atoms with E-state index < -0.39 is 22.5 Å². The molecule has 1 aromatic carbocycles. The number of rotatable bonds is 4. The number of nitrogens with two attached hydrogens (primary N) is 1. The van der Waals surface area contributed by atoms with Crippen LogP contribution in [0.4, 0.5) is 13.2 Å². The summed E-state index contributed by atoms with van der Waals surface area (Å²) in [5.41, 5.74) is 1.56. The van der Waals surface area contributed by atoms with Crippen molar-refractivity contribution in [3.8, 4) is 0 Å². The Morgan fingerprint density at radius 3 is 2.38 bits per heavy atom. The lowest BCUT2D eigenvalue weighted by molar-refractivity contribution is -0.0394. The van der Waals surface area contributed by atoms with Crippen LogP contribution in [0, 0.1) is 0 Å². The van der Waals surface area contributed by atoms with Crippen LogP contribution in [-0.2, 0) is 11.0 Å². The fourth-order valence-corrected chi connectivity index (χ4v) is 1.56. The molecule has 0 heterocycles. The molecule has 0 fully saturated rings. The standard InChI is InChI=1S/C9H11F3N2OS/c10-9(11,12)16(15)14-6-8(13)7-4-2-1-3-5-7/h1-5,8,14H,6,13H2. The molecule has 1 aromatic rings. The molecule has 2 unspecified atom stereocenters. The third kappa shape index (κ3) is 3.92. The molecule has 0 radical (unpaired) electrons. The third-order valence-corrected chi connectivity index (χ3v) is 2.72. The molecule has 3 N–H and O–H groups in total. The zero-order chi connectivity index (χ0) is 12.2. The molecule has 0 amide bonds. The third-order valence-electron chi connectivity index (χ3n) is 1.87. The second-order valence-corrected chi connectivity index (χ2v) is 4.37. The average molecular weight is 252 g/mol. The first kappa shape index (κ1) is 13.1. The van der Waals surface area contributed by atoms with Crippen molar-refractivity contribution in [2.45, 2.75) is 11.6 Å². The molecule has 90 valence electrons. The lowest BCUT2D eigenvalue weighted by Crippen LogP contribution is -2.35. The van der Waals surface area contributed by atoms with Crippen molar-refractivity contribution in [1.82, 2.24) is 4.72 Å². The highest BCUT2D eigenvalue weighted by Crippen LogP contribution is 2.18. The van der Waals surface area contributed by atoms with Crippen LogP contribution in [0.15, 0.2) is 30.3 Å². The van der Waals surface area contributed by atoms with Crippen LogP contribution in [0.2, 0.25) is 0 Å². The fourth-order valence-electron chi connectivity index (χ4n) is 1.07. The number of nitrogens with one attached hydrogen (secondary N) is 1. The van der Waals surface area contributed by atoms with Crippen LogP contribution in [0.25, 0.3) is 0 Å². The van der Waals surface area contributed by atoms with E-state index in [1.807, 2.05) is 4.72 Å². The summed E-state index contributed by atoms with van der Waals surface area (Å²) in [6.45, 7) is -0.198. The molecule has 0 aliphatic heterocycles. The Balaban J connectivity index is 2.48. The average Bonchev–Trinajstić information content (AvgIpc) is 2.25. The minimum absolute atomic E-state index is 0.198. The molecule has 2 atom stereocenters. The topological polar surface area (TPSA) is 55.1 Å². The first-order chi connectivity index (χ1) is 7.41. The van der Waals surface area contributed by atoms with Crippen molar-refractivity contribution in [1.29, 1.82) is 0 Å². The van der Waals surface area contributed by atoms with Crippen LogP contribution in [-0.4, -0.2) is 16.3 Å². The van der Waals surface area contributed by atoms with E-state index in [1.165, 1.54) is 0 Å². The summed E-state index contributed by atoms with van der Waals surface area (Å²) in [6.07, 6.45) is 0. The van der Waals surface area contributed by atoms with Gasteiger partial charge in [-0.05, 0) is 5.56 Å². The van der Waals surface area contributed by atoms with Gasteiger partial charge in [0.15, 0.2) is 11.0 Å². The van der Waals surface area contributed by atoms with E-state index in [1.54, 1.807) is 30.3 Å². The normalized spacial score (nSPS) is 15.8. The van der Waals surface area contributed by atoms with Crippen molar-refractivity contribution in [2.24, 2.45) is 5.73 Å². The van der Waals surface area contributed by atoms with E-state index in [-0.39, 0.29) is 6.54 Å². The zero-order valence-electron chi connectivity index (χ0n) is 8.20. The SMILES string of the molecule is NC(CNS(=O)C(F)(F)F)c1ccccc1. The quantitative estimate of drug-likeness (QED) is 0.852. The molecule has 0 spiro atoms. The Bertz CT molecular complexity index is 356. The van der Waals surface area contributed by atoms with E-state index in [0.29, 0.717) is 5.56 Å². The fraction of sp³-hybridized carbons (Fsp3) is 0.333. The van der Waals surface area contributed by atoms with Gasteiger partial charge in [0.25, 0.3) is 0 Å². The van der Waals surface area contributed by atoms with Gasteiger partial charge in [0.1, 0.15) is 0 Å². The molecule has 0 saturated heterocycles. The van der Waals surface area contributed by atoms with Crippen molar-refractivity contribution in [2.75, 3.05) is 6.54 Å². The maximum Gasteiger partial charge on any atom is 0.485 e. The zero-order valence-corrected chi connectivity index (χ0v) is 9.02. The van der Waals surface area contributed by atoms with Gasteiger partial charge in [-0.3, -0.25) is 0 Å². The Hall–Kier alpha value is -0.920. The second-order valence-electron chi connectivity index (χ2n) is 3.08. The molecular formula is C9H11F3N2OS. The Kier molecular flexibility index (Phi) is 4.45. The smallest absolute Gasteiger partial charge is 0.323 e. The van der Waals surface area contributed by atoms with Crippen molar-refractivity contribution >= 4 is 11.0 Å². The highest BCUT2D eigenvalue weighted by atomic mass is 32.2. The Labute approximate surface area is 93.4 Å². The summed E-state index contributed by atoms with van der Waals surface area (Å²) in [7, 11) is -3.06. The highest BCUT2D eigenvalue weighted by Gasteiger charge is 2.37. The molecule has 0 aliphatic rings. The first-order valence-corrected chi connectivity index (χ1v) is 5.59. The van der Waals surface area contributed by atoms with Gasteiger partial charge < -0.3 is 5.73 Å².